The highest BCUT2D eigenvalue weighted by molar-refractivity contribution is 5.00. The van der Waals surface area contributed by atoms with Crippen molar-refractivity contribution in [2.24, 2.45) is 5.73 Å². The van der Waals surface area contributed by atoms with Crippen molar-refractivity contribution in [2.75, 3.05) is 46.4 Å². The fourth-order valence-corrected chi connectivity index (χ4v) is 2.78. The lowest BCUT2D eigenvalue weighted by molar-refractivity contribution is -0.0250. The highest BCUT2D eigenvalue weighted by Crippen LogP contribution is 2.30. The molecular weight excluding hydrogens is 202 g/mol. The number of nitrogens with two attached hydrogens (primary N) is 1. The van der Waals surface area contributed by atoms with Gasteiger partial charge in [0.2, 0.25) is 0 Å². The summed E-state index contributed by atoms with van der Waals surface area (Å²) in [4.78, 5) is 4.99. The standard InChI is InChI=1S/C12H25N3O/c1-11(2)9-15(6-5-14(11)3)12(8-13)4-7-16-10-12/h4-10,13H2,1-3H3. The van der Waals surface area contributed by atoms with E-state index < -0.39 is 0 Å². The Bertz CT molecular complexity index is 249. The third-order valence-corrected chi connectivity index (χ3v) is 4.45. The van der Waals surface area contributed by atoms with Crippen LogP contribution >= 0.6 is 0 Å². The minimum atomic E-state index is 0.110. The maximum Gasteiger partial charge on any atom is 0.0663 e. The average molecular weight is 227 g/mol. The van der Waals surface area contributed by atoms with E-state index in [1.165, 1.54) is 0 Å². The molecule has 16 heavy (non-hydrogen) atoms. The summed E-state index contributed by atoms with van der Waals surface area (Å²) in [6, 6.07) is 0. The zero-order valence-electron chi connectivity index (χ0n) is 10.8. The molecule has 0 spiro atoms. The molecule has 0 aromatic carbocycles. The third-order valence-electron chi connectivity index (χ3n) is 4.45. The molecule has 2 fully saturated rings. The molecule has 0 amide bonds. The first kappa shape index (κ1) is 12.3. The van der Waals surface area contributed by atoms with Gasteiger partial charge in [-0.05, 0) is 27.3 Å². The molecule has 0 aromatic heterocycles. The van der Waals surface area contributed by atoms with Gasteiger partial charge < -0.3 is 10.5 Å². The first-order valence-corrected chi connectivity index (χ1v) is 6.24. The Balaban J connectivity index is 2.10. The van der Waals surface area contributed by atoms with Gasteiger partial charge in [-0.25, -0.2) is 0 Å². The number of hydrogen-bond acceptors (Lipinski definition) is 4. The van der Waals surface area contributed by atoms with Gasteiger partial charge in [-0.3, -0.25) is 9.80 Å². The third kappa shape index (κ3) is 1.99. The van der Waals surface area contributed by atoms with Crippen LogP contribution < -0.4 is 5.73 Å². The maximum absolute atomic E-state index is 5.99. The predicted octanol–water partition coefficient (Wildman–Crippen LogP) is 0.130. The summed E-state index contributed by atoms with van der Waals surface area (Å²) in [6.45, 7) is 10.3. The fourth-order valence-electron chi connectivity index (χ4n) is 2.78. The van der Waals surface area contributed by atoms with E-state index in [0.29, 0.717) is 6.54 Å². The Hall–Kier alpha value is -0.160. The molecule has 94 valence electrons. The summed E-state index contributed by atoms with van der Waals surface area (Å²) in [6.07, 6.45) is 1.09. The van der Waals surface area contributed by atoms with Gasteiger partial charge in [-0.1, -0.05) is 0 Å². The van der Waals surface area contributed by atoms with Gasteiger partial charge in [-0.15, -0.1) is 0 Å². The minimum Gasteiger partial charge on any atom is -0.379 e. The Morgan fingerprint density at radius 3 is 2.56 bits per heavy atom. The molecule has 4 heteroatoms. The monoisotopic (exact) mass is 227 g/mol. The second-order valence-corrected chi connectivity index (χ2v) is 5.89. The van der Waals surface area contributed by atoms with Crippen molar-refractivity contribution in [3.8, 4) is 0 Å². The molecule has 1 unspecified atom stereocenters. The number of piperazine rings is 1. The molecular formula is C12H25N3O. The van der Waals surface area contributed by atoms with E-state index in [0.717, 1.165) is 39.3 Å². The van der Waals surface area contributed by atoms with E-state index in [-0.39, 0.29) is 11.1 Å². The van der Waals surface area contributed by atoms with Crippen molar-refractivity contribution < 1.29 is 4.74 Å². The zero-order chi connectivity index (χ0) is 11.8. The highest BCUT2D eigenvalue weighted by Gasteiger charge is 2.44. The minimum absolute atomic E-state index is 0.110. The van der Waals surface area contributed by atoms with Crippen LogP contribution in [0.3, 0.4) is 0 Å². The number of rotatable bonds is 2. The van der Waals surface area contributed by atoms with Crippen LogP contribution in [-0.4, -0.2) is 67.3 Å². The lowest BCUT2D eigenvalue weighted by atomic mass is 9.90. The summed E-state index contributed by atoms with van der Waals surface area (Å²) < 4.78 is 5.56. The Kier molecular flexibility index (Phi) is 3.27. The lowest BCUT2D eigenvalue weighted by Crippen LogP contribution is -2.66. The van der Waals surface area contributed by atoms with Gasteiger partial charge in [0, 0.05) is 38.3 Å². The molecule has 2 N–H and O–H groups in total. The van der Waals surface area contributed by atoms with Gasteiger partial charge in [0.15, 0.2) is 0 Å². The van der Waals surface area contributed by atoms with E-state index in [9.17, 15) is 0 Å². The SMILES string of the molecule is CN1CCN(C2(CN)CCOC2)CC1(C)C. The van der Waals surface area contributed by atoms with Crippen molar-refractivity contribution in [2.45, 2.75) is 31.3 Å². The molecule has 0 bridgehead atoms. The molecule has 2 aliphatic heterocycles. The van der Waals surface area contributed by atoms with Gasteiger partial charge in [0.1, 0.15) is 0 Å². The van der Waals surface area contributed by atoms with E-state index in [4.69, 9.17) is 10.5 Å². The summed E-state index contributed by atoms with van der Waals surface area (Å²) >= 11 is 0. The molecule has 2 saturated heterocycles. The van der Waals surface area contributed by atoms with E-state index >= 15 is 0 Å². The van der Waals surface area contributed by atoms with Crippen LogP contribution in [0.2, 0.25) is 0 Å². The van der Waals surface area contributed by atoms with Crippen molar-refractivity contribution in [1.82, 2.24) is 9.80 Å². The van der Waals surface area contributed by atoms with Crippen molar-refractivity contribution in [3.63, 3.8) is 0 Å². The van der Waals surface area contributed by atoms with E-state index in [2.05, 4.69) is 30.7 Å². The molecule has 1 atom stereocenters. The first-order chi connectivity index (χ1) is 7.50. The molecule has 0 saturated carbocycles. The summed E-state index contributed by atoms with van der Waals surface area (Å²) in [5.74, 6) is 0. The van der Waals surface area contributed by atoms with Gasteiger partial charge in [-0.2, -0.15) is 0 Å². The Morgan fingerprint density at radius 2 is 2.06 bits per heavy atom. The molecule has 0 aromatic rings. The van der Waals surface area contributed by atoms with Crippen molar-refractivity contribution in [1.29, 1.82) is 0 Å². The number of hydrogen-bond donors (Lipinski definition) is 1. The van der Waals surface area contributed by atoms with Crippen molar-refractivity contribution >= 4 is 0 Å². The first-order valence-electron chi connectivity index (χ1n) is 6.24. The number of nitrogens with zero attached hydrogens (tertiary/aromatic N) is 2. The fraction of sp³-hybridized carbons (Fsp3) is 1.00. The molecule has 2 aliphatic rings. The number of ether oxygens (including phenoxy) is 1. The average Bonchev–Trinajstić information content (AvgIpc) is 2.71. The number of likely N-dealkylation sites (N-methyl/N-ethyl adjacent to an activating group) is 1. The van der Waals surface area contributed by atoms with Crippen LogP contribution in [-0.2, 0) is 4.74 Å². The summed E-state index contributed by atoms with van der Waals surface area (Å²) in [7, 11) is 2.21. The second-order valence-electron chi connectivity index (χ2n) is 5.89. The van der Waals surface area contributed by atoms with Gasteiger partial charge in [0.05, 0.1) is 12.1 Å². The van der Waals surface area contributed by atoms with Crippen LogP contribution in [0.15, 0.2) is 0 Å². The van der Waals surface area contributed by atoms with E-state index in [1.807, 2.05) is 0 Å². The zero-order valence-corrected chi connectivity index (χ0v) is 10.8. The Morgan fingerprint density at radius 1 is 1.31 bits per heavy atom. The van der Waals surface area contributed by atoms with Crippen LogP contribution in [0.4, 0.5) is 0 Å². The molecule has 2 rings (SSSR count). The normalized spacial score (nSPS) is 36.8. The predicted molar refractivity (Wildman–Crippen MR) is 65.5 cm³/mol. The molecule has 0 radical (unpaired) electrons. The van der Waals surface area contributed by atoms with Crippen LogP contribution in [0.25, 0.3) is 0 Å². The van der Waals surface area contributed by atoms with Crippen LogP contribution in [0.1, 0.15) is 20.3 Å². The summed E-state index contributed by atoms with van der Waals surface area (Å²) in [5.41, 5.74) is 6.34. The lowest BCUT2D eigenvalue weighted by Gasteiger charge is -2.51. The topological polar surface area (TPSA) is 41.7 Å². The Labute approximate surface area is 98.7 Å². The quantitative estimate of drug-likeness (QED) is 0.728. The van der Waals surface area contributed by atoms with Gasteiger partial charge in [0.25, 0.3) is 0 Å². The van der Waals surface area contributed by atoms with Crippen LogP contribution in [0.5, 0.6) is 0 Å². The highest BCUT2D eigenvalue weighted by atomic mass is 16.5. The van der Waals surface area contributed by atoms with Gasteiger partial charge >= 0.3 is 0 Å². The smallest absolute Gasteiger partial charge is 0.0663 e. The second kappa shape index (κ2) is 4.26. The molecule has 4 nitrogen and oxygen atoms in total. The largest absolute Gasteiger partial charge is 0.379 e. The van der Waals surface area contributed by atoms with Crippen molar-refractivity contribution in [3.05, 3.63) is 0 Å². The molecule has 0 aliphatic carbocycles. The summed E-state index contributed by atoms with van der Waals surface area (Å²) in [5, 5.41) is 0. The maximum atomic E-state index is 5.99. The van der Waals surface area contributed by atoms with E-state index in [1.54, 1.807) is 0 Å². The molecule has 2 heterocycles. The van der Waals surface area contributed by atoms with Crippen LogP contribution in [0, 0.1) is 0 Å².